The third kappa shape index (κ3) is 9.04. The average Bonchev–Trinajstić information content (AvgIpc) is 2.82. The van der Waals surface area contributed by atoms with Crippen LogP contribution in [0.25, 0.3) is 0 Å². The Bertz CT molecular complexity index is 913. The molecule has 0 unspecified atom stereocenters. The summed E-state index contributed by atoms with van der Waals surface area (Å²) < 4.78 is 1.62. The smallest absolute Gasteiger partial charge is 0.317 e. The molecule has 0 spiro atoms. The van der Waals surface area contributed by atoms with Gasteiger partial charge in [-0.15, -0.1) is 0 Å². The Kier molecular flexibility index (Phi) is 10.4. The second-order valence-corrected chi connectivity index (χ2v) is 8.93. The molecule has 2 aromatic heterocycles. The summed E-state index contributed by atoms with van der Waals surface area (Å²) in [7, 11) is 0. The Morgan fingerprint density at radius 1 is 0.639 bits per heavy atom. The number of hydrogen-bond donors (Lipinski definition) is 2. The molecule has 3 rings (SSSR count). The topological polar surface area (TPSA) is 141 Å². The first-order valence-corrected chi connectivity index (χ1v) is 12.0. The SMILES string of the molecule is O=C(O)CN1CCN(Cc2cccc[n+]2[O-])CCN(CC(=O)O)CCN(Cc2cccc[n+]2[O-])CC1. The Morgan fingerprint density at radius 3 is 1.28 bits per heavy atom. The largest absolute Gasteiger partial charge is 0.618 e. The molecule has 12 nitrogen and oxygen atoms in total. The van der Waals surface area contributed by atoms with Crippen LogP contribution in [-0.2, 0) is 22.7 Å². The van der Waals surface area contributed by atoms with Crippen molar-refractivity contribution in [2.24, 2.45) is 0 Å². The lowest BCUT2D eigenvalue weighted by atomic mass is 10.2. The molecule has 0 saturated carbocycles. The Hall–Kier alpha value is -3.32. The molecule has 2 aromatic rings. The second-order valence-electron chi connectivity index (χ2n) is 8.93. The molecule has 1 aliphatic heterocycles. The van der Waals surface area contributed by atoms with Crippen LogP contribution in [0, 0.1) is 10.4 Å². The molecule has 36 heavy (non-hydrogen) atoms. The van der Waals surface area contributed by atoms with Gasteiger partial charge in [0.05, 0.1) is 26.2 Å². The van der Waals surface area contributed by atoms with Crippen LogP contribution >= 0.6 is 0 Å². The molecule has 196 valence electrons. The third-order valence-corrected chi connectivity index (χ3v) is 6.23. The number of pyridine rings is 2. The molecule has 0 bridgehead atoms. The van der Waals surface area contributed by atoms with Crippen molar-refractivity contribution < 1.29 is 29.3 Å². The van der Waals surface area contributed by atoms with E-state index in [1.54, 1.807) is 36.4 Å². The highest BCUT2D eigenvalue weighted by atomic mass is 16.5. The van der Waals surface area contributed by atoms with Crippen molar-refractivity contribution >= 4 is 11.9 Å². The van der Waals surface area contributed by atoms with Gasteiger partial charge in [0, 0.05) is 76.6 Å². The van der Waals surface area contributed by atoms with E-state index in [9.17, 15) is 30.2 Å². The summed E-state index contributed by atoms with van der Waals surface area (Å²) in [6.45, 7) is 4.45. The number of carboxylic acid groups (broad SMARTS) is 2. The molecule has 0 radical (unpaired) electrons. The highest BCUT2D eigenvalue weighted by Gasteiger charge is 2.21. The fourth-order valence-electron chi connectivity index (χ4n) is 4.22. The minimum absolute atomic E-state index is 0.118. The first-order valence-electron chi connectivity index (χ1n) is 12.0. The Balaban J connectivity index is 1.77. The second kappa shape index (κ2) is 13.7. The van der Waals surface area contributed by atoms with Gasteiger partial charge in [-0.1, -0.05) is 0 Å². The molecular weight excluding hydrogens is 468 g/mol. The fourth-order valence-corrected chi connectivity index (χ4v) is 4.22. The molecule has 0 aliphatic carbocycles. The quantitative estimate of drug-likeness (QED) is 0.343. The van der Waals surface area contributed by atoms with Crippen LogP contribution in [0.15, 0.2) is 48.8 Å². The third-order valence-electron chi connectivity index (χ3n) is 6.23. The summed E-state index contributed by atoms with van der Waals surface area (Å²) in [5, 5.41) is 43.2. The number of rotatable bonds is 8. The predicted octanol–water partition coefficient (Wildman–Crippen LogP) is -0.956. The van der Waals surface area contributed by atoms with E-state index in [4.69, 9.17) is 0 Å². The molecule has 0 amide bonds. The number of hydrogen-bond acceptors (Lipinski definition) is 8. The van der Waals surface area contributed by atoms with Gasteiger partial charge in [-0.3, -0.25) is 29.2 Å². The maximum Gasteiger partial charge on any atom is 0.317 e. The number of aromatic nitrogens is 2. The lowest BCUT2D eigenvalue weighted by Gasteiger charge is -2.33. The van der Waals surface area contributed by atoms with Gasteiger partial charge in [0.1, 0.15) is 0 Å². The monoisotopic (exact) mass is 502 g/mol. The van der Waals surface area contributed by atoms with E-state index in [1.165, 1.54) is 12.4 Å². The molecule has 12 heteroatoms. The number of nitrogens with zero attached hydrogens (tertiary/aromatic N) is 6. The summed E-state index contributed by atoms with van der Waals surface area (Å²) in [6, 6.07) is 10.4. The van der Waals surface area contributed by atoms with Gasteiger partial charge in [0.25, 0.3) is 0 Å². The van der Waals surface area contributed by atoms with Gasteiger partial charge in [0.15, 0.2) is 12.4 Å². The van der Waals surface area contributed by atoms with Crippen molar-refractivity contribution in [1.29, 1.82) is 0 Å². The van der Waals surface area contributed by atoms with Gasteiger partial charge in [-0.25, -0.2) is 0 Å². The van der Waals surface area contributed by atoms with Crippen LogP contribution in [0.5, 0.6) is 0 Å². The van der Waals surface area contributed by atoms with E-state index in [-0.39, 0.29) is 13.1 Å². The van der Waals surface area contributed by atoms with Crippen molar-refractivity contribution in [1.82, 2.24) is 19.6 Å². The first-order chi connectivity index (χ1) is 17.3. The molecular formula is C24H34N6O6. The van der Waals surface area contributed by atoms with Crippen LogP contribution in [0.2, 0.25) is 0 Å². The van der Waals surface area contributed by atoms with Gasteiger partial charge in [-0.05, 0) is 12.1 Å². The zero-order chi connectivity index (χ0) is 25.9. The van der Waals surface area contributed by atoms with E-state index in [1.807, 2.05) is 9.80 Å². The minimum Gasteiger partial charge on any atom is -0.618 e. The molecule has 1 saturated heterocycles. The standard InChI is InChI=1S/C24H34N6O6/c31-23(32)19-27-13-9-25(17-21-5-1-3-7-29(21)35)10-14-28(20-24(33)34)16-12-26(11-15-27)18-22-6-2-4-8-30(22)36/h1-8H,9-20H2,(H,31,32)(H,33,34). The lowest BCUT2D eigenvalue weighted by molar-refractivity contribution is -0.615. The fraction of sp³-hybridized carbons (Fsp3) is 0.500. The van der Waals surface area contributed by atoms with E-state index in [0.29, 0.717) is 76.8 Å². The van der Waals surface area contributed by atoms with Crippen molar-refractivity contribution in [3.8, 4) is 0 Å². The van der Waals surface area contributed by atoms with Gasteiger partial charge < -0.3 is 20.6 Å². The summed E-state index contributed by atoms with van der Waals surface area (Å²) in [5.74, 6) is -1.84. The number of carboxylic acids is 2. The summed E-state index contributed by atoms with van der Waals surface area (Å²) in [6.07, 6.45) is 2.87. The van der Waals surface area contributed by atoms with Crippen molar-refractivity contribution in [3.63, 3.8) is 0 Å². The van der Waals surface area contributed by atoms with Crippen LogP contribution < -0.4 is 9.46 Å². The zero-order valence-corrected chi connectivity index (χ0v) is 20.3. The Labute approximate surface area is 210 Å². The highest BCUT2D eigenvalue weighted by Crippen LogP contribution is 2.06. The molecule has 2 N–H and O–H groups in total. The van der Waals surface area contributed by atoms with Crippen molar-refractivity contribution in [3.05, 3.63) is 70.6 Å². The minimum atomic E-state index is -0.922. The summed E-state index contributed by atoms with van der Waals surface area (Å²) >= 11 is 0. The number of carbonyl (C=O) groups is 2. The Morgan fingerprint density at radius 2 is 0.972 bits per heavy atom. The lowest BCUT2D eigenvalue weighted by Crippen LogP contribution is -2.48. The summed E-state index contributed by atoms with van der Waals surface area (Å²) in [5.41, 5.74) is 1.14. The van der Waals surface area contributed by atoms with E-state index < -0.39 is 11.9 Å². The van der Waals surface area contributed by atoms with E-state index in [2.05, 4.69) is 9.80 Å². The summed E-state index contributed by atoms with van der Waals surface area (Å²) in [4.78, 5) is 30.8. The van der Waals surface area contributed by atoms with E-state index >= 15 is 0 Å². The highest BCUT2D eigenvalue weighted by molar-refractivity contribution is 5.69. The van der Waals surface area contributed by atoms with Crippen molar-refractivity contribution in [2.75, 3.05) is 65.4 Å². The molecule has 1 aliphatic rings. The molecule has 0 aromatic carbocycles. The van der Waals surface area contributed by atoms with Crippen LogP contribution in [0.1, 0.15) is 11.4 Å². The molecule has 0 atom stereocenters. The van der Waals surface area contributed by atoms with Crippen LogP contribution in [0.4, 0.5) is 0 Å². The van der Waals surface area contributed by atoms with Gasteiger partial charge >= 0.3 is 11.9 Å². The van der Waals surface area contributed by atoms with Gasteiger partial charge in [-0.2, -0.15) is 9.46 Å². The van der Waals surface area contributed by atoms with Crippen LogP contribution in [-0.4, -0.2) is 107 Å². The normalized spacial score (nSPS) is 17.8. The average molecular weight is 503 g/mol. The predicted molar refractivity (Wildman–Crippen MR) is 130 cm³/mol. The molecule has 1 fully saturated rings. The zero-order valence-electron chi connectivity index (χ0n) is 20.3. The number of aliphatic carboxylic acids is 2. The molecule has 3 heterocycles. The van der Waals surface area contributed by atoms with Crippen LogP contribution in [0.3, 0.4) is 0 Å². The maximum absolute atomic E-state index is 12.2. The van der Waals surface area contributed by atoms with Gasteiger partial charge in [0.2, 0.25) is 11.4 Å². The first kappa shape index (κ1) is 27.3. The van der Waals surface area contributed by atoms with Crippen molar-refractivity contribution in [2.45, 2.75) is 13.1 Å². The maximum atomic E-state index is 12.2. The van der Waals surface area contributed by atoms with E-state index in [0.717, 1.165) is 9.46 Å².